The topological polar surface area (TPSA) is 20.2 Å². The SMILES string of the molecule is CCC(O)C[N+](C)(C)CC. The third kappa shape index (κ3) is 3.85. The summed E-state index contributed by atoms with van der Waals surface area (Å²) in [7, 11) is 4.28. The van der Waals surface area contributed by atoms with Gasteiger partial charge in [-0.3, -0.25) is 0 Å². The summed E-state index contributed by atoms with van der Waals surface area (Å²) in [5.74, 6) is 0. The molecule has 0 spiro atoms. The summed E-state index contributed by atoms with van der Waals surface area (Å²) >= 11 is 0. The standard InChI is InChI=1S/C8H20NO/c1-5-8(10)7-9(3,4)6-2/h8,10H,5-7H2,1-4H3/q+1. The molecule has 0 heterocycles. The molecule has 0 aliphatic rings. The van der Waals surface area contributed by atoms with Crippen LogP contribution in [0, 0.1) is 0 Å². The minimum absolute atomic E-state index is 0.130. The van der Waals surface area contributed by atoms with Gasteiger partial charge >= 0.3 is 0 Å². The molecule has 10 heavy (non-hydrogen) atoms. The molecule has 0 aliphatic carbocycles. The first-order chi connectivity index (χ1) is 4.52. The number of aliphatic hydroxyl groups excluding tert-OH is 1. The maximum Gasteiger partial charge on any atom is 0.105 e. The van der Waals surface area contributed by atoms with Crippen molar-refractivity contribution in [3.8, 4) is 0 Å². The molecule has 1 atom stereocenters. The molecule has 0 aromatic carbocycles. The minimum atomic E-state index is -0.130. The van der Waals surface area contributed by atoms with Gasteiger partial charge in [0.15, 0.2) is 0 Å². The Balaban J connectivity index is 3.64. The van der Waals surface area contributed by atoms with Crippen LogP contribution >= 0.6 is 0 Å². The van der Waals surface area contributed by atoms with Gasteiger partial charge in [-0.05, 0) is 13.3 Å². The second-order valence-electron chi connectivity index (χ2n) is 3.50. The molecule has 0 aromatic heterocycles. The van der Waals surface area contributed by atoms with Crippen molar-refractivity contribution in [2.75, 3.05) is 27.2 Å². The van der Waals surface area contributed by atoms with Crippen molar-refractivity contribution in [2.24, 2.45) is 0 Å². The van der Waals surface area contributed by atoms with E-state index in [-0.39, 0.29) is 6.10 Å². The normalized spacial score (nSPS) is 15.3. The van der Waals surface area contributed by atoms with Crippen molar-refractivity contribution in [1.29, 1.82) is 0 Å². The summed E-state index contributed by atoms with van der Waals surface area (Å²) in [5.41, 5.74) is 0. The number of likely N-dealkylation sites (N-methyl/N-ethyl adjacent to an activating group) is 1. The number of aliphatic hydroxyl groups is 1. The Morgan fingerprint density at radius 2 is 1.80 bits per heavy atom. The zero-order chi connectivity index (χ0) is 8.20. The Morgan fingerprint density at radius 1 is 1.30 bits per heavy atom. The Morgan fingerprint density at radius 3 is 2.10 bits per heavy atom. The van der Waals surface area contributed by atoms with Gasteiger partial charge in [0.05, 0.1) is 20.6 Å². The number of quaternary nitrogens is 1. The molecule has 1 N–H and O–H groups in total. The van der Waals surface area contributed by atoms with E-state index in [0.29, 0.717) is 0 Å². The van der Waals surface area contributed by atoms with E-state index in [9.17, 15) is 5.11 Å². The summed E-state index contributed by atoms with van der Waals surface area (Å²) in [5, 5.41) is 9.31. The van der Waals surface area contributed by atoms with Gasteiger partial charge in [0, 0.05) is 0 Å². The smallest absolute Gasteiger partial charge is 0.105 e. The summed E-state index contributed by atoms with van der Waals surface area (Å²) < 4.78 is 0.912. The predicted molar refractivity (Wildman–Crippen MR) is 43.8 cm³/mol. The highest BCUT2D eigenvalue weighted by molar-refractivity contribution is 4.48. The first-order valence-corrected chi connectivity index (χ1v) is 4.02. The molecule has 1 unspecified atom stereocenters. The highest BCUT2D eigenvalue weighted by Crippen LogP contribution is 2.00. The van der Waals surface area contributed by atoms with Crippen LogP contribution in [0.1, 0.15) is 20.3 Å². The lowest BCUT2D eigenvalue weighted by atomic mass is 10.2. The molecular formula is C8H20NO+. The number of rotatable bonds is 4. The highest BCUT2D eigenvalue weighted by Gasteiger charge is 2.16. The van der Waals surface area contributed by atoms with Crippen molar-refractivity contribution in [1.82, 2.24) is 0 Å². The average molecular weight is 146 g/mol. The quantitative estimate of drug-likeness (QED) is 0.583. The van der Waals surface area contributed by atoms with Crippen LogP contribution < -0.4 is 0 Å². The van der Waals surface area contributed by atoms with Gasteiger partial charge in [-0.1, -0.05) is 6.92 Å². The van der Waals surface area contributed by atoms with E-state index in [2.05, 4.69) is 21.0 Å². The molecule has 0 amide bonds. The van der Waals surface area contributed by atoms with E-state index in [1.807, 2.05) is 6.92 Å². The molecule has 0 bridgehead atoms. The van der Waals surface area contributed by atoms with Gasteiger partial charge in [-0.2, -0.15) is 0 Å². The van der Waals surface area contributed by atoms with E-state index >= 15 is 0 Å². The lowest BCUT2D eigenvalue weighted by Gasteiger charge is -2.30. The van der Waals surface area contributed by atoms with Crippen molar-refractivity contribution in [2.45, 2.75) is 26.4 Å². The predicted octanol–water partition coefficient (Wildman–Crippen LogP) is 0.854. The van der Waals surface area contributed by atoms with Gasteiger partial charge in [0.25, 0.3) is 0 Å². The number of hydrogen-bond acceptors (Lipinski definition) is 1. The van der Waals surface area contributed by atoms with Gasteiger partial charge in [-0.15, -0.1) is 0 Å². The van der Waals surface area contributed by atoms with Crippen molar-refractivity contribution in [3.63, 3.8) is 0 Å². The van der Waals surface area contributed by atoms with Crippen LogP contribution in [0.3, 0.4) is 0 Å². The van der Waals surface area contributed by atoms with Crippen LogP contribution in [0.25, 0.3) is 0 Å². The first kappa shape index (κ1) is 9.92. The Hall–Kier alpha value is -0.0800. The molecule has 0 rings (SSSR count). The van der Waals surface area contributed by atoms with Crippen LogP contribution in [-0.2, 0) is 0 Å². The van der Waals surface area contributed by atoms with Gasteiger partial charge in [0.1, 0.15) is 12.6 Å². The molecule has 0 saturated heterocycles. The molecule has 2 nitrogen and oxygen atoms in total. The van der Waals surface area contributed by atoms with E-state index in [1.54, 1.807) is 0 Å². The van der Waals surface area contributed by atoms with E-state index in [4.69, 9.17) is 0 Å². The van der Waals surface area contributed by atoms with Crippen LogP contribution in [0.5, 0.6) is 0 Å². The maximum atomic E-state index is 9.31. The molecule has 0 saturated carbocycles. The van der Waals surface area contributed by atoms with Gasteiger partial charge < -0.3 is 9.59 Å². The van der Waals surface area contributed by atoms with Crippen LogP contribution in [0.4, 0.5) is 0 Å². The Bertz CT molecular complexity index is 91.3. The third-order valence-corrected chi connectivity index (χ3v) is 2.03. The monoisotopic (exact) mass is 146 g/mol. The van der Waals surface area contributed by atoms with E-state index in [1.165, 1.54) is 0 Å². The largest absolute Gasteiger partial charge is 0.387 e. The summed E-state index contributed by atoms with van der Waals surface area (Å²) in [4.78, 5) is 0. The van der Waals surface area contributed by atoms with Crippen molar-refractivity contribution in [3.05, 3.63) is 0 Å². The number of nitrogens with zero attached hydrogens (tertiary/aromatic N) is 1. The summed E-state index contributed by atoms with van der Waals surface area (Å²) in [6.07, 6.45) is 0.733. The van der Waals surface area contributed by atoms with Gasteiger partial charge in [-0.25, -0.2) is 0 Å². The van der Waals surface area contributed by atoms with Crippen molar-refractivity contribution >= 4 is 0 Å². The van der Waals surface area contributed by atoms with Crippen LogP contribution in [0.2, 0.25) is 0 Å². The third-order valence-electron chi connectivity index (χ3n) is 2.03. The summed E-state index contributed by atoms with van der Waals surface area (Å²) in [6.45, 7) is 6.10. The number of hydrogen-bond donors (Lipinski definition) is 1. The fourth-order valence-electron chi connectivity index (χ4n) is 0.829. The molecule has 0 aromatic rings. The Kier molecular flexibility index (Phi) is 3.91. The molecule has 62 valence electrons. The van der Waals surface area contributed by atoms with E-state index < -0.39 is 0 Å². The van der Waals surface area contributed by atoms with Crippen LogP contribution in [0.15, 0.2) is 0 Å². The fourth-order valence-corrected chi connectivity index (χ4v) is 0.829. The first-order valence-electron chi connectivity index (χ1n) is 4.02. The molecule has 0 fully saturated rings. The second kappa shape index (κ2) is 3.94. The zero-order valence-electron chi connectivity index (χ0n) is 7.59. The maximum absolute atomic E-state index is 9.31. The summed E-state index contributed by atoms with van der Waals surface area (Å²) in [6, 6.07) is 0. The van der Waals surface area contributed by atoms with Crippen LogP contribution in [-0.4, -0.2) is 42.9 Å². The van der Waals surface area contributed by atoms with Crippen molar-refractivity contribution < 1.29 is 9.59 Å². The molecular weight excluding hydrogens is 126 g/mol. The average Bonchev–Trinajstić information content (AvgIpc) is 1.87. The lowest BCUT2D eigenvalue weighted by molar-refractivity contribution is -0.891. The molecule has 0 radical (unpaired) electrons. The molecule has 2 heteroatoms. The second-order valence-corrected chi connectivity index (χ2v) is 3.50. The molecule has 0 aliphatic heterocycles. The zero-order valence-corrected chi connectivity index (χ0v) is 7.59. The Labute approximate surface area is 64.1 Å². The fraction of sp³-hybridized carbons (Fsp3) is 1.00. The van der Waals surface area contributed by atoms with E-state index in [0.717, 1.165) is 24.0 Å². The van der Waals surface area contributed by atoms with Gasteiger partial charge in [0.2, 0.25) is 0 Å². The highest BCUT2D eigenvalue weighted by atomic mass is 16.3. The minimum Gasteiger partial charge on any atom is -0.387 e. The lowest BCUT2D eigenvalue weighted by Crippen LogP contribution is -2.44.